The predicted octanol–water partition coefficient (Wildman–Crippen LogP) is 7.80. The molecule has 180 valence electrons. The van der Waals surface area contributed by atoms with Crippen LogP contribution in [0, 0.1) is 18.6 Å². The normalized spacial score (nSPS) is 14.3. The Morgan fingerprint density at radius 3 is 2.60 bits per heavy atom. The second-order valence-corrected chi connectivity index (χ2v) is 9.91. The Morgan fingerprint density at radius 2 is 1.80 bits per heavy atom. The Labute approximate surface area is 211 Å². The number of aromatic nitrogens is 3. The predicted molar refractivity (Wildman–Crippen MR) is 139 cm³/mol. The van der Waals surface area contributed by atoms with Crippen molar-refractivity contribution in [1.82, 2.24) is 15.0 Å². The highest BCUT2D eigenvalue weighted by atomic mass is 35.5. The first-order valence-corrected chi connectivity index (χ1v) is 12.7. The van der Waals surface area contributed by atoms with Gasteiger partial charge in [-0.2, -0.15) is 0 Å². The van der Waals surface area contributed by atoms with E-state index in [0.717, 1.165) is 17.7 Å². The van der Waals surface area contributed by atoms with Crippen molar-refractivity contribution in [3.63, 3.8) is 0 Å². The van der Waals surface area contributed by atoms with Gasteiger partial charge in [-0.15, -0.1) is 0 Å². The van der Waals surface area contributed by atoms with Crippen LogP contribution in [0.3, 0.4) is 0 Å². The summed E-state index contributed by atoms with van der Waals surface area (Å²) in [6.45, 7) is 1.76. The standard InChI is InChI=1S/C26H24ClF2N5S/c1-15-19(13-22(29)25(31-15)34-35-23-10-6-5-9-20(23)27)16-11-17-14-30-26(33-24(17)21(28)12-16)32-18-7-3-2-4-8-18/h5-6,9-14,18H,2-4,7-8H2,1H3,(H,31,34)(H,30,32,33). The number of aryl methyl sites for hydroxylation is 1. The van der Waals surface area contributed by atoms with Crippen molar-refractivity contribution >= 4 is 46.2 Å². The van der Waals surface area contributed by atoms with Gasteiger partial charge in [0.15, 0.2) is 11.6 Å². The molecule has 0 aliphatic heterocycles. The van der Waals surface area contributed by atoms with Crippen LogP contribution >= 0.6 is 23.5 Å². The number of benzene rings is 2. The fourth-order valence-electron chi connectivity index (χ4n) is 4.33. The fourth-order valence-corrected chi connectivity index (χ4v) is 5.25. The Hall–Kier alpha value is -2.97. The molecule has 0 amide bonds. The molecule has 1 aliphatic carbocycles. The van der Waals surface area contributed by atoms with E-state index in [1.54, 1.807) is 25.3 Å². The van der Waals surface area contributed by atoms with Crippen LogP contribution in [0.4, 0.5) is 20.5 Å². The Balaban J connectivity index is 1.39. The smallest absolute Gasteiger partial charge is 0.223 e. The minimum atomic E-state index is -0.547. The molecule has 0 radical (unpaired) electrons. The molecule has 1 aliphatic rings. The SMILES string of the molecule is Cc1nc(NSc2ccccc2Cl)c(F)cc1-c1cc(F)c2nc(NC3CCCCC3)ncc2c1. The molecule has 35 heavy (non-hydrogen) atoms. The summed E-state index contributed by atoms with van der Waals surface area (Å²) in [6, 6.07) is 12.1. The third-order valence-corrected chi connectivity index (χ3v) is 7.46. The molecule has 0 bridgehead atoms. The summed E-state index contributed by atoms with van der Waals surface area (Å²) in [5.41, 5.74) is 1.81. The van der Waals surface area contributed by atoms with Gasteiger partial charge in [0.1, 0.15) is 11.3 Å². The zero-order valence-electron chi connectivity index (χ0n) is 19.1. The van der Waals surface area contributed by atoms with Crippen LogP contribution < -0.4 is 10.0 Å². The van der Waals surface area contributed by atoms with Crippen molar-refractivity contribution in [3.8, 4) is 11.1 Å². The molecular weight excluding hydrogens is 488 g/mol. The van der Waals surface area contributed by atoms with Crippen LogP contribution in [0.2, 0.25) is 5.02 Å². The maximum atomic E-state index is 15.1. The lowest BCUT2D eigenvalue weighted by Crippen LogP contribution is -2.23. The minimum absolute atomic E-state index is 0.0826. The van der Waals surface area contributed by atoms with Gasteiger partial charge >= 0.3 is 0 Å². The minimum Gasteiger partial charge on any atom is -0.351 e. The lowest BCUT2D eigenvalue weighted by molar-refractivity contribution is 0.461. The van der Waals surface area contributed by atoms with Gasteiger partial charge in [0.05, 0.1) is 5.02 Å². The van der Waals surface area contributed by atoms with E-state index in [-0.39, 0.29) is 11.3 Å². The zero-order chi connectivity index (χ0) is 24.4. The van der Waals surface area contributed by atoms with Crippen LogP contribution in [0.1, 0.15) is 37.8 Å². The second kappa shape index (κ2) is 10.3. The van der Waals surface area contributed by atoms with Crippen molar-refractivity contribution in [1.29, 1.82) is 0 Å². The van der Waals surface area contributed by atoms with E-state index < -0.39 is 11.6 Å². The Morgan fingerprint density at radius 1 is 1.00 bits per heavy atom. The Kier molecular flexibility index (Phi) is 7.02. The summed E-state index contributed by atoms with van der Waals surface area (Å²) in [5.74, 6) is -0.512. The average molecular weight is 512 g/mol. The van der Waals surface area contributed by atoms with Gasteiger partial charge in [-0.1, -0.05) is 43.0 Å². The van der Waals surface area contributed by atoms with E-state index in [1.807, 2.05) is 18.2 Å². The third kappa shape index (κ3) is 5.33. The molecule has 5 nitrogen and oxygen atoms in total. The monoisotopic (exact) mass is 511 g/mol. The molecule has 5 rings (SSSR count). The number of nitrogens with one attached hydrogen (secondary N) is 2. The van der Waals surface area contributed by atoms with Crippen molar-refractivity contribution in [2.24, 2.45) is 0 Å². The molecule has 2 N–H and O–H groups in total. The number of halogens is 3. The molecule has 0 saturated heterocycles. The highest BCUT2D eigenvalue weighted by Gasteiger charge is 2.17. The van der Waals surface area contributed by atoms with E-state index in [4.69, 9.17) is 11.6 Å². The fraction of sp³-hybridized carbons (Fsp3) is 0.269. The molecule has 2 aromatic heterocycles. The largest absolute Gasteiger partial charge is 0.351 e. The van der Waals surface area contributed by atoms with Crippen molar-refractivity contribution in [3.05, 3.63) is 71.0 Å². The maximum Gasteiger partial charge on any atom is 0.223 e. The summed E-state index contributed by atoms with van der Waals surface area (Å²) in [7, 11) is 0. The molecule has 0 unspecified atom stereocenters. The first kappa shape index (κ1) is 23.8. The summed E-state index contributed by atoms with van der Waals surface area (Å²) in [4.78, 5) is 13.9. The number of hydrogen-bond acceptors (Lipinski definition) is 6. The lowest BCUT2D eigenvalue weighted by atomic mass is 9.96. The van der Waals surface area contributed by atoms with Gasteiger partial charge in [-0.25, -0.2) is 23.7 Å². The third-order valence-electron chi connectivity index (χ3n) is 6.15. The lowest BCUT2D eigenvalue weighted by Gasteiger charge is -2.22. The number of hydrogen-bond donors (Lipinski definition) is 2. The quantitative estimate of drug-likeness (QED) is 0.257. The van der Waals surface area contributed by atoms with Crippen LogP contribution in [0.25, 0.3) is 22.0 Å². The van der Waals surface area contributed by atoms with E-state index in [0.29, 0.717) is 39.2 Å². The molecule has 4 aromatic rings. The van der Waals surface area contributed by atoms with Crippen LogP contribution in [0.5, 0.6) is 0 Å². The number of nitrogens with zero attached hydrogens (tertiary/aromatic N) is 3. The van der Waals surface area contributed by atoms with Crippen molar-refractivity contribution in [2.45, 2.75) is 50.0 Å². The number of fused-ring (bicyclic) bond motifs is 1. The summed E-state index contributed by atoms with van der Waals surface area (Å²) in [5, 5.41) is 4.44. The van der Waals surface area contributed by atoms with Gasteiger partial charge in [-0.05, 0) is 67.6 Å². The Bertz CT molecular complexity index is 1380. The number of anilines is 2. The molecule has 9 heteroatoms. The molecule has 1 fully saturated rings. The molecule has 2 aromatic carbocycles. The second-order valence-electron chi connectivity index (χ2n) is 8.66. The molecule has 2 heterocycles. The van der Waals surface area contributed by atoms with Gasteiger partial charge in [-0.3, -0.25) is 0 Å². The van der Waals surface area contributed by atoms with E-state index in [1.165, 1.54) is 43.3 Å². The van der Waals surface area contributed by atoms with Crippen molar-refractivity contribution in [2.75, 3.05) is 10.0 Å². The van der Waals surface area contributed by atoms with E-state index in [9.17, 15) is 4.39 Å². The highest BCUT2D eigenvalue weighted by Crippen LogP contribution is 2.33. The van der Waals surface area contributed by atoms with Crippen LogP contribution in [-0.4, -0.2) is 21.0 Å². The molecular formula is C26H24ClF2N5S. The maximum absolute atomic E-state index is 15.1. The molecule has 0 spiro atoms. The van der Waals surface area contributed by atoms with Gasteiger partial charge in [0.2, 0.25) is 5.95 Å². The number of pyridine rings is 1. The molecule has 0 atom stereocenters. The zero-order valence-corrected chi connectivity index (χ0v) is 20.7. The summed E-state index contributed by atoms with van der Waals surface area (Å²) in [6.07, 6.45) is 7.36. The average Bonchev–Trinajstić information content (AvgIpc) is 2.86. The van der Waals surface area contributed by atoms with Gasteiger partial charge in [0, 0.05) is 33.8 Å². The highest BCUT2D eigenvalue weighted by molar-refractivity contribution is 8.00. The van der Waals surface area contributed by atoms with Crippen LogP contribution in [0.15, 0.2) is 53.6 Å². The first-order valence-electron chi connectivity index (χ1n) is 11.6. The summed E-state index contributed by atoms with van der Waals surface area (Å²) < 4.78 is 32.9. The topological polar surface area (TPSA) is 62.7 Å². The van der Waals surface area contributed by atoms with Gasteiger partial charge in [0.25, 0.3) is 0 Å². The number of rotatable bonds is 6. The van der Waals surface area contributed by atoms with E-state index in [2.05, 4.69) is 25.0 Å². The first-order chi connectivity index (χ1) is 17.0. The summed E-state index contributed by atoms with van der Waals surface area (Å²) >= 11 is 7.34. The van der Waals surface area contributed by atoms with Crippen molar-refractivity contribution < 1.29 is 8.78 Å². The van der Waals surface area contributed by atoms with Gasteiger partial charge < -0.3 is 10.0 Å². The molecule has 1 saturated carbocycles. The van der Waals surface area contributed by atoms with E-state index >= 15 is 4.39 Å². The van der Waals surface area contributed by atoms with Crippen LogP contribution in [-0.2, 0) is 0 Å².